The lowest BCUT2D eigenvalue weighted by atomic mass is 10.1. The highest BCUT2D eigenvalue weighted by Crippen LogP contribution is 2.35. The Morgan fingerprint density at radius 2 is 0.914 bits per heavy atom. The summed E-state index contributed by atoms with van der Waals surface area (Å²) >= 11 is 0. The summed E-state index contributed by atoms with van der Waals surface area (Å²) in [5.74, 6) is -0.413. The number of carbonyl (C=O) groups is 2. The van der Waals surface area contributed by atoms with E-state index in [1.165, 1.54) is 0 Å². The molecule has 2 aromatic carbocycles. The molecular formula is C25H10N8O2. The Morgan fingerprint density at radius 1 is 0.543 bits per heavy atom. The number of aromatic nitrogens is 4. The van der Waals surface area contributed by atoms with Gasteiger partial charge in [0.05, 0.1) is 0 Å². The topological polar surface area (TPSA) is 183 Å². The maximum Gasteiger partial charge on any atom is 0.214 e. The molecule has 0 bridgehead atoms. The number of nitriles is 3. The van der Waals surface area contributed by atoms with Crippen LogP contribution in [-0.4, -0.2) is 31.5 Å². The first-order valence-electron chi connectivity index (χ1n) is 10.1. The van der Waals surface area contributed by atoms with Gasteiger partial charge in [-0.1, -0.05) is 48.5 Å². The van der Waals surface area contributed by atoms with Gasteiger partial charge in [0.1, 0.15) is 41.0 Å². The number of rotatable bonds is 0. The average Bonchev–Trinajstić information content (AvgIpc) is 3.33. The highest BCUT2D eigenvalue weighted by molar-refractivity contribution is 6.20. The van der Waals surface area contributed by atoms with Crippen LogP contribution in [0.25, 0.3) is 22.5 Å². The number of benzene rings is 2. The summed E-state index contributed by atoms with van der Waals surface area (Å²) < 4.78 is 0. The molecule has 10 heteroatoms. The van der Waals surface area contributed by atoms with Gasteiger partial charge in [0.2, 0.25) is 11.6 Å². The number of nitrogens with two attached hydrogens (primary N) is 1. The second-order valence-corrected chi connectivity index (χ2v) is 7.36. The maximum atomic E-state index is 12.1. The molecule has 0 aliphatic heterocycles. The van der Waals surface area contributed by atoms with Crippen molar-refractivity contribution in [1.29, 1.82) is 15.8 Å². The molecule has 0 unspecified atom stereocenters. The summed E-state index contributed by atoms with van der Waals surface area (Å²) in [6.45, 7) is 0. The van der Waals surface area contributed by atoms with E-state index in [9.17, 15) is 9.59 Å². The molecule has 2 N–H and O–H groups in total. The molecule has 0 spiro atoms. The lowest BCUT2D eigenvalue weighted by Crippen LogP contribution is -2.05. The van der Waals surface area contributed by atoms with E-state index in [1.807, 2.05) is 18.2 Å². The number of fused-ring (bicyclic) bond motifs is 6. The summed E-state index contributed by atoms with van der Waals surface area (Å²) in [7, 11) is 0. The number of nitrogens with zero attached hydrogens (tertiary/aromatic N) is 7. The van der Waals surface area contributed by atoms with Crippen LogP contribution in [0.2, 0.25) is 0 Å². The Balaban J connectivity index is 0.000000145. The van der Waals surface area contributed by atoms with E-state index >= 15 is 0 Å². The third kappa shape index (κ3) is 3.17. The zero-order valence-corrected chi connectivity index (χ0v) is 17.6. The summed E-state index contributed by atoms with van der Waals surface area (Å²) in [6.07, 6.45) is 0. The third-order valence-corrected chi connectivity index (χ3v) is 5.42. The van der Waals surface area contributed by atoms with Crippen molar-refractivity contribution in [3.8, 4) is 40.7 Å². The predicted octanol–water partition coefficient (Wildman–Crippen LogP) is 2.57. The number of hydrogen-bond donors (Lipinski definition) is 1. The van der Waals surface area contributed by atoms with E-state index in [-0.39, 0.29) is 45.9 Å². The van der Waals surface area contributed by atoms with E-state index < -0.39 is 0 Å². The van der Waals surface area contributed by atoms with Gasteiger partial charge in [0, 0.05) is 22.3 Å². The molecule has 162 valence electrons. The summed E-state index contributed by atoms with van der Waals surface area (Å²) in [4.78, 5) is 40.1. The zero-order chi connectivity index (χ0) is 24.7. The Morgan fingerprint density at radius 3 is 1.37 bits per heavy atom. The van der Waals surface area contributed by atoms with Crippen LogP contribution in [0.1, 0.15) is 49.2 Å². The SMILES string of the molecule is N#Cc1nc2c(nc1C#N)-c1ccccc1C2=O.N#Cc1nc2c(nc1N)-c1ccccc1C2=O. The summed E-state index contributed by atoms with van der Waals surface area (Å²) in [5, 5.41) is 26.6. The van der Waals surface area contributed by atoms with Crippen LogP contribution in [0, 0.1) is 34.0 Å². The van der Waals surface area contributed by atoms with Gasteiger partial charge >= 0.3 is 0 Å². The number of carbonyl (C=O) groups excluding carboxylic acids is 2. The lowest BCUT2D eigenvalue weighted by molar-refractivity contribution is 0.103. The van der Waals surface area contributed by atoms with Crippen molar-refractivity contribution in [3.63, 3.8) is 0 Å². The molecule has 2 aromatic heterocycles. The quantitative estimate of drug-likeness (QED) is 0.358. The van der Waals surface area contributed by atoms with Gasteiger partial charge in [0.15, 0.2) is 22.9 Å². The second-order valence-electron chi connectivity index (χ2n) is 7.36. The van der Waals surface area contributed by atoms with E-state index in [0.717, 1.165) is 5.56 Å². The van der Waals surface area contributed by atoms with Crippen LogP contribution in [0.5, 0.6) is 0 Å². The minimum absolute atomic E-state index is 0.00935. The van der Waals surface area contributed by atoms with Gasteiger partial charge < -0.3 is 5.73 Å². The van der Waals surface area contributed by atoms with E-state index in [2.05, 4.69) is 19.9 Å². The van der Waals surface area contributed by atoms with Gasteiger partial charge in [-0.15, -0.1) is 0 Å². The van der Waals surface area contributed by atoms with E-state index in [4.69, 9.17) is 21.5 Å². The zero-order valence-electron chi connectivity index (χ0n) is 17.6. The molecule has 0 atom stereocenters. The minimum atomic E-state index is -0.255. The molecule has 2 aliphatic carbocycles. The van der Waals surface area contributed by atoms with Gasteiger partial charge in [-0.05, 0) is 0 Å². The fourth-order valence-corrected chi connectivity index (χ4v) is 3.84. The molecule has 0 saturated carbocycles. The predicted molar refractivity (Wildman–Crippen MR) is 120 cm³/mol. The van der Waals surface area contributed by atoms with E-state index in [1.54, 1.807) is 48.5 Å². The first kappa shape index (κ1) is 21.1. The molecule has 2 aliphatic rings. The van der Waals surface area contributed by atoms with E-state index in [0.29, 0.717) is 28.1 Å². The third-order valence-electron chi connectivity index (χ3n) is 5.42. The molecule has 35 heavy (non-hydrogen) atoms. The van der Waals surface area contributed by atoms with Crippen molar-refractivity contribution in [3.05, 3.63) is 88.1 Å². The van der Waals surface area contributed by atoms with Crippen molar-refractivity contribution in [2.45, 2.75) is 0 Å². The second kappa shape index (κ2) is 7.96. The Labute approximate surface area is 197 Å². The van der Waals surface area contributed by atoms with Crippen LogP contribution in [0.15, 0.2) is 48.5 Å². The molecule has 0 amide bonds. The van der Waals surface area contributed by atoms with Gasteiger partial charge in [0.25, 0.3) is 0 Å². The fraction of sp³-hybridized carbons (Fsp3) is 0. The summed E-state index contributed by atoms with van der Waals surface area (Å²) in [6, 6.07) is 19.5. The maximum absolute atomic E-state index is 12.1. The molecule has 10 nitrogen and oxygen atoms in total. The van der Waals surface area contributed by atoms with Crippen molar-refractivity contribution in [2.75, 3.05) is 5.73 Å². The Bertz CT molecular complexity index is 1740. The van der Waals surface area contributed by atoms with Gasteiger partial charge in [-0.2, -0.15) is 15.8 Å². The smallest absolute Gasteiger partial charge is 0.214 e. The number of nitrogen functional groups attached to an aromatic ring is 1. The standard InChI is InChI=1S/C13H4N4O.C12H6N4O/c14-5-9-10(6-15)17-12-11(16-9)7-3-1-2-4-8(7)13(12)18;13-5-8-12(14)16-9-6-3-1-2-4-7(6)11(17)10(9)15-8/h1-4H;1-4H,(H2,14,16). The first-order chi connectivity index (χ1) is 17.0. The lowest BCUT2D eigenvalue weighted by Gasteiger charge is -2.00. The van der Waals surface area contributed by atoms with Crippen molar-refractivity contribution >= 4 is 17.4 Å². The van der Waals surface area contributed by atoms with Gasteiger partial charge in [-0.25, -0.2) is 19.9 Å². The molecule has 2 heterocycles. The molecule has 0 saturated heterocycles. The number of hydrogen-bond acceptors (Lipinski definition) is 10. The van der Waals surface area contributed by atoms with Crippen LogP contribution in [-0.2, 0) is 0 Å². The van der Waals surface area contributed by atoms with Crippen molar-refractivity contribution in [2.24, 2.45) is 0 Å². The molecule has 0 fully saturated rings. The van der Waals surface area contributed by atoms with Crippen molar-refractivity contribution in [1.82, 2.24) is 19.9 Å². The largest absolute Gasteiger partial charge is 0.381 e. The number of anilines is 1. The molecule has 0 radical (unpaired) electrons. The normalized spacial score (nSPS) is 11.6. The molecular weight excluding hydrogens is 444 g/mol. The Kier molecular flexibility index (Phi) is 4.80. The van der Waals surface area contributed by atoms with Crippen LogP contribution >= 0.6 is 0 Å². The average molecular weight is 454 g/mol. The molecule has 4 aromatic rings. The van der Waals surface area contributed by atoms with Crippen LogP contribution < -0.4 is 5.73 Å². The van der Waals surface area contributed by atoms with Gasteiger partial charge in [-0.3, -0.25) is 9.59 Å². The monoisotopic (exact) mass is 454 g/mol. The highest BCUT2D eigenvalue weighted by atomic mass is 16.1. The van der Waals surface area contributed by atoms with Crippen molar-refractivity contribution < 1.29 is 9.59 Å². The summed E-state index contributed by atoms with van der Waals surface area (Å²) in [5.41, 5.74) is 9.05. The Hall–Kier alpha value is -5.79. The van der Waals surface area contributed by atoms with Crippen LogP contribution in [0.3, 0.4) is 0 Å². The minimum Gasteiger partial charge on any atom is -0.381 e. The van der Waals surface area contributed by atoms with Crippen LogP contribution in [0.4, 0.5) is 5.82 Å². The number of ketones is 2. The molecule has 6 rings (SSSR count). The first-order valence-corrected chi connectivity index (χ1v) is 10.1. The highest BCUT2D eigenvalue weighted by Gasteiger charge is 2.31. The fourth-order valence-electron chi connectivity index (χ4n) is 3.84.